The van der Waals surface area contributed by atoms with E-state index in [2.05, 4.69) is 0 Å². The number of hydrogen-bond donors (Lipinski definition) is 1. The Morgan fingerprint density at radius 3 is 2.40 bits per heavy atom. The van der Waals surface area contributed by atoms with Crippen LogP contribution < -0.4 is 0 Å². The third-order valence-electron chi connectivity index (χ3n) is 4.10. The lowest BCUT2D eigenvalue weighted by molar-refractivity contribution is -0.385. The molecular weight excluding hydrogens is 324 g/mol. The second-order valence-electron chi connectivity index (χ2n) is 6.07. The van der Waals surface area contributed by atoms with Gasteiger partial charge < -0.3 is 24.1 Å². The normalized spacial score (nSPS) is 17.8. The van der Waals surface area contributed by atoms with E-state index in [4.69, 9.17) is 18.9 Å². The van der Waals surface area contributed by atoms with E-state index in [1.165, 1.54) is 30.7 Å². The van der Waals surface area contributed by atoms with Crippen LogP contribution in [0.1, 0.15) is 56.3 Å². The monoisotopic (exact) mass is 352 g/mol. The Bertz CT molecular complexity index is 523. The van der Waals surface area contributed by atoms with Gasteiger partial charge in [0, 0.05) is 6.61 Å². The van der Waals surface area contributed by atoms with Crippen LogP contribution in [0.2, 0.25) is 0 Å². The number of ether oxygens (including phenoxy) is 4. The molecule has 1 fully saturated rings. The number of aromatic hydroxyl groups is 1. The fourth-order valence-corrected chi connectivity index (χ4v) is 2.87. The largest absolute Gasteiger partial charge is 0.508 e. The van der Waals surface area contributed by atoms with Crippen molar-refractivity contribution in [3.05, 3.63) is 29.8 Å². The molecule has 0 aliphatic heterocycles. The zero-order valence-corrected chi connectivity index (χ0v) is 15.0. The minimum Gasteiger partial charge on any atom is -0.508 e. The summed E-state index contributed by atoms with van der Waals surface area (Å²) < 4.78 is 22.9. The molecule has 1 aromatic carbocycles. The van der Waals surface area contributed by atoms with E-state index in [1.807, 2.05) is 13.8 Å². The Labute approximate surface area is 149 Å². The van der Waals surface area contributed by atoms with Crippen LogP contribution in [0.3, 0.4) is 0 Å². The summed E-state index contributed by atoms with van der Waals surface area (Å²) in [5.74, 6) is -2.05. The van der Waals surface area contributed by atoms with Crippen LogP contribution in [-0.2, 0) is 18.9 Å². The van der Waals surface area contributed by atoms with Crippen molar-refractivity contribution in [3.8, 4) is 5.75 Å². The van der Waals surface area contributed by atoms with Gasteiger partial charge in [0.1, 0.15) is 12.4 Å². The number of hydrogen-bond acceptors (Lipinski definition) is 6. The first kappa shape index (κ1) is 19.7. The van der Waals surface area contributed by atoms with Crippen LogP contribution in [0.15, 0.2) is 24.3 Å². The van der Waals surface area contributed by atoms with E-state index in [0.29, 0.717) is 18.8 Å². The Balaban J connectivity index is 2.15. The zero-order valence-electron chi connectivity index (χ0n) is 15.0. The molecule has 0 aromatic heterocycles. The average molecular weight is 352 g/mol. The molecule has 0 spiro atoms. The SMILES string of the molecule is CCOCC(OCC)(OC(=O)c1ccc(O)cc1)OC1CCCCC1. The van der Waals surface area contributed by atoms with E-state index in [0.717, 1.165) is 25.7 Å². The summed E-state index contributed by atoms with van der Waals surface area (Å²) in [5, 5.41) is 9.37. The van der Waals surface area contributed by atoms with Crippen molar-refractivity contribution >= 4 is 5.97 Å². The quantitative estimate of drug-likeness (QED) is 0.540. The third-order valence-corrected chi connectivity index (χ3v) is 4.10. The van der Waals surface area contributed by atoms with Crippen LogP contribution in [0.25, 0.3) is 0 Å². The van der Waals surface area contributed by atoms with Gasteiger partial charge in [-0.05, 0) is 51.0 Å². The van der Waals surface area contributed by atoms with Crippen LogP contribution in [0, 0.1) is 0 Å². The molecule has 1 aliphatic rings. The van der Waals surface area contributed by atoms with E-state index in [-0.39, 0.29) is 18.5 Å². The number of carbonyl (C=O) groups is 1. The summed E-state index contributed by atoms with van der Waals surface area (Å²) in [7, 11) is 0. The van der Waals surface area contributed by atoms with Gasteiger partial charge in [0.25, 0.3) is 0 Å². The van der Waals surface area contributed by atoms with E-state index in [9.17, 15) is 9.90 Å². The topological polar surface area (TPSA) is 74.2 Å². The average Bonchev–Trinajstić information content (AvgIpc) is 2.61. The molecule has 1 N–H and O–H groups in total. The van der Waals surface area contributed by atoms with Crippen molar-refractivity contribution in [1.82, 2.24) is 0 Å². The van der Waals surface area contributed by atoms with Crippen molar-refractivity contribution in [2.24, 2.45) is 0 Å². The zero-order chi connectivity index (χ0) is 18.1. The van der Waals surface area contributed by atoms with Crippen LogP contribution >= 0.6 is 0 Å². The highest BCUT2D eigenvalue weighted by Gasteiger charge is 2.40. The van der Waals surface area contributed by atoms with Gasteiger partial charge in [-0.25, -0.2) is 4.79 Å². The highest BCUT2D eigenvalue weighted by atomic mass is 16.9. The Hall–Kier alpha value is -1.63. The first-order valence-electron chi connectivity index (χ1n) is 9.00. The molecule has 140 valence electrons. The molecule has 1 unspecified atom stereocenters. The molecule has 0 amide bonds. The standard InChI is InChI=1S/C19H28O6/c1-3-22-14-19(23-4-2,24-17-8-6-5-7-9-17)25-18(21)15-10-12-16(20)13-11-15/h10-13,17,20H,3-9,14H2,1-2H3. The second kappa shape index (κ2) is 9.75. The number of phenolic OH excluding ortho intramolecular Hbond substituents is 1. The Kier molecular flexibility index (Phi) is 7.68. The van der Waals surface area contributed by atoms with Gasteiger partial charge >= 0.3 is 11.9 Å². The predicted molar refractivity (Wildman–Crippen MR) is 92.3 cm³/mol. The van der Waals surface area contributed by atoms with Crippen molar-refractivity contribution < 1.29 is 28.8 Å². The molecule has 0 radical (unpaired) electrons. The smallest absolute Gasteiger partial charge is 0.354 e. The van der Waals surface area contributed by atoms with Crippen molar-refractivity contribution in [2.75, 3.05) is 19.8 Å². The number of phenols is 1. The molecule has 1 aliphatic carbocycles. The Morgan fingerprint density at radius 1 is 1.12 bits per heavy atom. The molecule has 1 saturated carbocycles. The maximum Gasteiger partial charge on any atom is 0.354 e. The first-order valence-corrected chi connectivity index (χ1v) is 9.00. The molecule has 2 rings (SSSR count). The third kappa shape index (κ3) is 5.99. The van der Waals surface area contributed by atoms with Gasteiger partial charge in [-0.3, -0.25) is 0 Å². The van der Waals surface area contributed by atoms with Gasteiger partial charge in [-0.15, -0.1) is 0 Å². The molecule has 0 bridgehead atoms. The molecule has 6 heteroatoms. The van der Waals surface area contributed by atoms with E-state index >= 15 is 0 Å². The van der Waals surface area contributed by atoms with Gasteiger partial charge in [0.15, 0.2) is 0 Å². The van der Waals surface area contributed by atoms with Crippen LogP contribution in [0.4, 0.5) is 0 Å². The first-order chi connectivity index (χ1) is 12.1. The summed E-state index contributed by atoms with van der Waals surface area (Å²) in [5.41, 5.74) is 0.311. The lowest BCUT2D eigenvalue weighted by Crippen LogP contribution is -2.48. The molecule has 0 saturated heterocycles. The van der Waals surface area contributed by atoms with Gasteiger partial charge in [0.05, 0.1) is 18.3 Å². The summed E-state index contributed by atoms with van der Waals surface area (Å²) in [4.78, 5) is 12.5. The maximum absolute atomic E-state index is 12.5. The number of carbonyl (C=O) groups excluding carboxylic acids is 1. The molecule has 1 atom stereocenters. The number of esters is 1. The van der Waals surface area contributed by atoms with Crippen molar-refractivity contribution in [3.63, 3.8) is 0 Å². The summed E-state index contributed by atoms with van der Waals surface area (Å²) in [6, 6.07) is 5.86. The van der Waals surface area contributed by atoms with E-state index < -0.39 is 11.9 Å². The fraction of sp³-hybridized carbons (Fsp3) is 0.632. The molecule has 0 heterocycles. The lowest BCUT2D eigenvalue weighted by atomic mass is 9.98. The van der Waals surface area contributed by atoms with Crippen molar-refractivity contribution in [1.29, 1.82) is 0 Å². The van der Waals surface area contributed by atoms with Crippen molar-refractivity contribution in [2.45, 2.75) is 58.0 Å². The minimum atomic E-state index is -1.55. The van der Waals surface area contributed by atoms with Crippen LogP contribution in [0.5, 0.6) is 5.75 Å². The van der Waals surface area contributed by atoms with Crippen LogP contribution in [-0.4, -0.2) is 43.0 Å². The summed E-state index contributed by atoms with van der Waals surface area (Å²) in [6.45, 7) is 4.47. The molecule has 1 aromatic rings. The minimum absolute atomic E-state index is 0.0116. The highest BCUT2D eigenvalue weighted by Crippen LogP contribution is 2.28. The fourth-order valence-electron chi connectivity index (χ4n) is 2.87. The summed E-state index contributed by atoms with van der Waals surface area (Å²) >= 11 is 0. The molecule has 25 heavy (non-hydrogen) atoms. The predicted octanol–water partition coefficient (Wildman–Crippen LogP) is 3.63. The number of benzene rings is 1. The second-order valence-corrected chi connectivity index (χ2v) is 6.07. The Morgan fingerprint density at radius 2 is 1.80 bits per heavy atom. The molecular formula is C19H28O6. The summed E-state index contributed by atoms with van der Waals surface area (Å²) in [6.07, 6.45) is 5.18. The van der Waals surface area contributed by atoms with Gasteiger partial charge in [-0.2, -0.15) is 0 Å². The number of rotatable bonds is 9. The maximum atomic E-state index is 12.5. The highest BCUT2D eigenvalue weighted by molar-refractivity contribution is 5.89. The van der Waals surface area contributed by atoms with Gasteiger partial charge in [-0.1, -0.05) is 19.3 Å². The lowest BCUT2D eigenvalue weighted by Gasteiger charge is -2.36. The van der Waals surface area contributed by atoms with E-state index in [1.54, 1.807) is 0 Å². The van der Waals surface area contributed by atoms with Gasteiger partial charge in [0.2, 0.25) is 0 Å². The molecule has 6 nitrogen and oxygen atoms in total.